The lowest BCUT2D eigenvalue weighted by Crippen LogP contribution is -2.34. The minimum Gasteiger partial charge on any atom is -0.359 e. The number of hydrogen-bond donors (Lipinski definition) is 1. The second-order valence-corrected chi connectivity index (χ2v) is 12.5. The first-order chi connectivity index (χ1) is 19.7. The van der Waals surface area contributed by atoms with Gasteiger partial charge in [-0.15, -0.1) is 0 Å². The average Bonchev–Trinajstić information content (AvgIpc) is 3.57. The summed E-state index contributed by atoms with van der Waals surface area (Å²) in [6, 6.07) is 4.48. The molecular weight excluding hydrogens is 517 g/mol. The van der Waals surface area contributed by atoms with Crippen molar-refractivity contribution >= 4 is 22.7 Å². The van der Waals surface area contributed by atoms with Crippen LogP contribution in [0.2, 0.25) is 0 Å². The number of carbonyl (C=O) groups excluding carboxylic acids is 2. The van der Waals surface area contributed by atoms with Gasteiger partial charge in [0.2, 0.25) is 5.91 Å². The molecule has 2 aromatic heterocycles. The van der Waals surface area contributed by atoms with Gasteiger partial charge in [-0.05, 0) is 107 Å². The van der Waals surface area contributed by atoms with Crippen molar-refractivity contribution in [3.05, 3.63) is 59.3 Å². The second-order valence-electron chi connectivity index (χ2n) is 12.5. The number of hydrogen-bond acceptors (Lipinski definition) is 4. The quantitative estimate of drug-likeness (QED) is 0.402. The van der Waals surface area contributed by atoms with E-state index < -0.39 is 5.82 Å². The molecule has 0 radical (unpaired) electrons. The molecule has 3 aromatic rings. The van der Waals surface area contributed by atoms with E-state index in [0.29, 0.717) is 23.1 Å². The largest absolute Gasteiger partial charge is 0.359 e. The van der Waals surface area contributed by atoms with Crippen LogP contribution in [0.15, 0.2) is 36.8 Å². The Morgan fingerprint density at radius 3 is 2.59 bits per heavy atom. The fourth-order valence-corrected chi connectivity index (χ4v) is 6.84. The summed E-state index contributed by atoms with van der Waals surface area (Å²) in [5.74, 6) is 0.968. The zero-order chi connectivity index (χ0) is 29.3. The zero-order valence-electron chi connectivity index (χ0n) is 25.1. The molecule has 2 fully saturated rings. The molecule has 2 aliphatic rings. The lowest BCUT2D eigenvalue weighted by Gasteiger charge is -2.30. The maximum absolute atomic E-state index is 14.4. The molecule has 5 rings (SSSR count). The predicted octanol–water partition coefficient (Wildman–Crippen LogP) is 5.37. The Bertz CT molecular complexity index is 1410. The molecule has 220 valence electrons. The molecule has 3 heterocycles. The summed E-state index contributed by atoms with van der Waals surface area (Å²) in [5.41, 5.74) is 4.32. The van der Waals surface area contributed by atoms with Crippen molar-refractivity contribution in [2.45, 2.75) is 65.3 Å². The van der Waals surface area contributed by atoms with Gasteiger partial charge in [0.15, 0.2) is 0 Å². The van der Waals surface area contributed by atoms with Gasteiger partial charge in [0, 0.05) is 56.9 Å². The summed E-state index contributed by atoms with van der Waals surface area (Å²) in [7, 11) is 3.49. The van der Waals surface area contributed by atoms with E-state index >= 15 is 0 Å². The number of aromatic nitrogens is 2. The number of benzene rings is 1. The Balaban J connectivity index is 1.35. The minimum atomic E-state index is -0.423. The minimum absolute atomic E-state index is 0.00399. The first kappa shape index (κ1) is 29.2. The summed E-state index contributed by atoms with van der Waals surface area (Å²) in [6.45, 7) is 9.29. The molecule has 0 spiro atoms. The number of likely N-dealkylation sites (tertiary alicyclic amines) is 1. The molecule has 1 aliphatic heterocycles. The van der Waals surface area contributed by atoms with Crippen molar-refractivity contribution in [3.8, 4) is 5.69 Å². The van der Waals surface area contributed by atoms with Crippen LogP contribution < -0.4 is 5.32 Å². The Hall–Kier alpha value is -3.26. The number of halogens is 1. The maximum Gasteiger partial charge on any atom is 0.256 e. The van der Waals surface area contributed by atoms with E-state index in [0.717, 1.165) is 69.2 Å². The highest BCUT2D eigenvalue weighted by molar-refractivity contribution is 5.99. The molecule has 0 bridgehead atoms. The highest BCUT2D eigenvalue weighted by Crippen LogP contribution is 2.34. The molecule has 1 atom stereocenters. The first-order valence-corrected chi connectivity index (χ1v) is 15.1. The van der Waals surface area contributed by atoms with Gasteiger partial charge in [-0.25, -0.2) is 4.39 Å². The summed E-state index contributed by atoms with van der Waals surface area (Å²) < 4.78 is 16.4. The van der Waals surface area contributed by atoms with Crippen molar-refractivity contribution < 1.29 is 14.0 Å². The van der Waals surface area contributed by atoms with Gasteiger partial charge in [-0.1, -0.05) is 0 Å². The molecule has 8 heteroatoms. The van der Waals surface area contributed by atoms with E-state index in [1.165, 1.54) is 23.1 Å². The van der Waals surface area contributed by atoms with Crippen molar-refractivity contribution in [2.75, 3.05) is 33.7 Å². The number of rotatable bonds is 8. The van der Waals surface area contributed by atoms with E-state index in [-0.39, 0.29) is 23.8 Å². The first-order valence-electron chi connectivity index (χ1n) is 15.1. The zero-order valence-corrected chi connectivity index (χ0v) is 25.1. The SMILES string of the molecule is CNC(=O)[C@H]1CC[C@H](CN2CC[C@H](Cc3cn(-c4ccc(F)cc4C(=O)N(C)C(C)C)c4cncc(C)c34)C2)CC1. The maximum atomic E-state index is 14.4. The van der Waals surface area contributed by atoms with Crippen LogP contribution >= 0.6 is 0 Å². The lowest BCUT2D eigenvalue weighted by atomic mass is 9.81. The van der Waals surface area contributed by atoms with E-state index in [1.54, 1.807) is 25.1 Å². The molecule has 1 aliphatic carbocycles. The predicted molar refractivity (Wildman–Crippen MR) is 161 cm³/mol. The molecule has 1 N–H and O–H groups in total. The summed E-state index contributed by atoms with van der Waals surface area (Å²) in [4.78, 5) is 34.1. The highest BCUT2D eigenvalue weighted by atomic mass is 19.1. The van der Waals surface area contributed by atoms with Crippen molar-refractivity contribution in [2.24, 2.45) is 17.8 Å². The number of aryl methyl sites for hydroxylation is 1. The Morgan fingerprint density at radius 1 is 1.12 bits per heavy atom. The van der Waals surface area contributed by atoms with Crippen LogP contribution in [0, 0.1) is 30.5 Å². The molecule has 1 saturated heterocycles. The van der Waals surface area contributed by atoms with Crippen molar-refractivity contribution in [3.63, 3.8) is 0 Å². The number of carbonyl (C=O) groups is 2. The highest BCUT2D eigenvalue weighted by Gasteiger charge is 2.30. The normalized spacial score (nSPS) is 21.5. The van der Waals surface area contributed by atoms with Crippen LogP contribution in [0.3, 0.4) is 0 Å². The van der Waals surface area contributed by atoms with E-state index in [2.05, 4.69) is 28.3 Å². The van der Waals surface area contributed by atoms with Crippen LogP contribution in [0.4, 0.5) is 4.39 Å². The van der Waals surface area contributed by atoms with Crippen LogP contribution in [-0.2, 0) is 11.2 Å². The molecule has 2 amide bonds. The summed E-state index contributed by atoms with van der Waals surface area (Å²) in [5, 5.41) is 3.98. The fraction of sp³-hybridized carbons (Fsp3) is 0.545. The molecule has 7 nitrogen and oxygen atoms in total. The standard InChI is InChI=1S/C33H44FN5O2/c1-21(2)37(5)33(41)28-15-27(34)10-11-29(28)39-20-26(31-22(3)16-36-17-30(31)39)14-24-12-13-38(19-24)18-23-6-8-25(9-7-23)32(40)35-4/h10-11,15-17,20-21,23-25H,6-9,12-14,18-19H2,1-5H3,(H,35,40)/t23-,24-,25-/m1/s1. The smallest absolute Gasteiger partial charge is 0.256 e. The molecular formula is C33H44FN5O2. The van der Waals surface area contributed by atoms with Gasteiger partial charge in [-0.3, -0.25) is 14.6 Å². The van der Waals surface area contributed by atoms with Crippen LogP contribution in [0.25, 0.3) is 16.6 Å². The van der Waals surface area contributed by atoms with Crippen molar-refractivity contribution in [1.29, 1.82) is 0 Å². The Kier molecular flexibility index (Phi) is 8.78. The van der Waals surface area contributed by atoms with E-state index in [9.17, 15) is 14.0 Å². The number of nitrogens with zero attached hydrogens (tertiary/aromatic N) is 4. The summed E-state index contributed by atoms with van der Waals surface area (Å²) >= 11 is 0. The van der Waals surface area contributed by atoms with Crippen LogP contribution in [-0.4, -0.2) is 70.9 Å². The van der Waals surface area contributed by atoms with E-state index in [1.807, 2.05) is 30.8 Å². The Labute approximate surface area is 243 Å². The van der Waals surface area contributed by atoms with Crippen LogP contribution in [0.1, 0.15) is 67.4 Å². The number of amides is 2. The van der Waals surface area contributed by atoms with Gasteiger partial charge in [0.05, 0.1) is 23.0 Å². The van der Waals surface area contributed by atoms with Gasteiger partial charge in [0.25, 0.3) is 5.91 Å². The molecule has 41 heavy (non-hydrogen) atoms. The van der Waals surface area contributed by atoms with Crippen LogP contribution in [0.5, 0.6) is 0 Å². The second kappa shape index (κ2) is 12.3. The molecule has 1 aromatic carbocycles. The van der Waals surface area contributed by atoms with Gasteiger partial charge >= 0.3 is 0 Å². The third-order valence-corrected chi connectivity index (χ3v) is 9.38. The van der Waals surface area contributed by atoms with Gasteiger partial charge < -0.3 is 19.7 Å². The molecule has 1 saturated carbocycles. The third-order valence-electron chi connectivity index (χ3n) is 9.38. The van der Waals surface area contributed by atoms with Gasteiger partial charge in [0.1, 0.15) is 5.82 Å². The monoisotopic (exact) mass is 561 g/mol. The molecule has 0 unspecified atom stereocenters. The topological polar surface area (TPSA) is 70.5 Å². The lowest BCUT2D eigenvalue weighted by molar-refractivity contribution is -0.125. The average molecular weight is 562 g/mol. The number of fused-ring (bicyclic) bond motifs is 1. The number of nitrogens with one attached hydrogen (secondary N) is 1. The van der Waals surface area contributed by atoms with E-state index in [4.69, 9.17) is 0 Å². The van der Waals surface area contributed by atoms with Gasteiger partial charge in [-0.2, -0.15) is 0 Å². The fourth-order valence-electron chi connectivity index (χ4n) is 6.84. The Morgan fingerprint density at radius 2 is 1.88 bits per heavy atom. The number of pyridine rings is 1. The third kappa shape index (κ3) is 6.17. The summed E-state index contributed by atoms with van der Waals surface area (Å²) in [6.07, 6.45) is 12.2. The van der Waals surface area contributed by atoms with Crippen molar-refractivity contribution in [1.82, 2.24) is 24.7 Å².